The molecule has 2 heteroatoms. The maximum Gasteiger partial charge on any atom is 0.0867 e. The van der Waals surface area contributed by atoms with E-state index in [1.54, 1.807) is 0 Å². The third kappa shape index (κ3) is 1.29. The van der Waals surface area contributed by atoms with Crippen molar-refractivity contribution in [1.29, 1.82) is 0 Å². The molecule has 2 aromatic heterocycles. The molecule has 0 fully saturated rings. The van der Waals surface area contributed by atoms with Crippen molar-refractivity contribution in [2.45, 2.75) is 26.2 Å². The number of pyridine rings is 1. The van der Waals surface area contributed by atoms with E-state index in [0.29, 0.717) is 0 Å². The van der Waals surface area contributed by atoms with Crippen molar-refractivity contribution in [3.63, 3.8) is 0 Å². The Morgan fingerprint density at radius 2 is 2.07 bits per heavy atom. The highest BCUT2D eigenvalue weighted by Crippen LogP contribution is 2.33. The first-order chi connectivity index (χ1) is 7.36. The normalized spacial score (nSPS) is 14.2. The number of aromatic amines is 1. The maximum absolute atomic E-state index is 4.41. The van der Waals surface area contributed by atoms with Crippen molar-refractivity contribution in [2.75, 3.05) is 0 Å². The molecule has 0 saturated carbocycles. The van der Waals surface area contributed by atoms with E-state index >= 15 is 0 Å². The second kappa shape index (κ2) is 3.23. The van der Waals surface area contributed by atoms with Crippen LogP contribution in [-0.2, 0) is 12.8 Å². The lowest BCUT2D eigenvalue weighted by molar-refractivity contribution is 0.896. The molecule has 3 rings (SSSR count). The molecule has 0 atom stereocenters. The molecular weight excluding hydrogens is 184 g/mol. The standard InChI is InChI=1S/C13H14N2/c1-9-10-5-4-6-11(10)13(15-9)12-7-2-3-8-14-12/h2-3,7-8,15H,4-6H2,1H3. The summed E-state index contributed by atoms with van der Waals surface area (Å²) >= 11 is 0. The van der Waals surface area contributed by atoms with Crippen LogP contribution in [0.15, 0.2) is 24.4 Å². The molecule has 1 aliphatic carbocycles. The fourth-order valence-electron chi connectivity index (χ4n) is 2.50. The lowest BCUT2D eigenvalue weighted by Crippen LogP contribution is -1.86. The van der Waals surface area contributed by atoms with Gasteiger partial charge in [0.05, 0.1) is 11.4 Å². The highest BCUT2D eigenvalue weighted by Gasteiger charge is 2.20. The quantitative estimate of drug-likeness (QED) is 0.750. The van der Waals surface area contributed by atoms with Gasteiger partial charge in [-0.15, -0.1) is 0 Å². The first-order valence-corrected chi connectivity index (χ1v) is 5.48. The zero-order valence-electron chi connectivity index (χ0n) is 8.88. The van der Waals surface area contributed by atoms with Crippen molar-refractivity contribution in [3.8, 4) is 11.4 Å². The number of H-pyrrole nitrogens is 1. The summed E-state index contributed by atoms with van der Waals surface area (Å²) in [7, 11) is 0. The summed E-state index contributed by atoms with van der Waals surface area (Å²) in [6, 6.07) is 6.07. The zero-order valence-corrected chi connectivity index (χ0v) is 8.88. The van der Waals surface area contributed by atoms with E-state index in [2.05, 4.69) is 23.0 Å². The Bertz CT molecular complexity index is 483. The minimum atomic E-state index is 1.07. The second-order valence-corrected chi connectivity index (χ2v) is 4.15. The molecule has 2 nitrogen and oxygen atoms in total. The van der Waals surface area contributed by atoms with E-state index in [1.165, 1.54) is 41.8 Å². The molecule has 0 saturated heterocycles. The van der Waals surface area contributed by atoms with Gasteiger partial charge in [-0.1, -0.05) is 6.07 Å². The smallest absolute Gasteiger partial charge is 0.0867 e. The fourth-order valence-corrected chi connectivity index (χ4v) is 2.50. The lowest BCUT2D eigenvalue weighted by Gasteiger charge is -1.99. The summed E-state index contributed by atoms with van der Waals surface area (Å²) in [5.74, 6) is 0. The molecule has 0 spiro atoms. The van der Waals surface area contributed by atoms with Crippen molar-refractivity contribution >= 4 is 0 Å². The average molecular weight is 198 g/mol. The van der Waals surface area contributed by atoms with Gasteiger partial charge >= 0.3 is 0 Å². The number of aryl methyl sites for hydroxylation is 1. The number of nitrogens with zero attached hydrogens (tertiary/aromatic N) is 1. The Labute approximate surface area is 89.4 Å². The summed E-state index contributed by atoms with van der Waals surface area (Å²) < 4.78 is 0. The van der Waals surface area contributed by atoms with E-state index in [4.69, 9.17) is 0 Å². The highest BCUT2D eigenvalue weighted by molar-refractivity contribution is 5.64. The number of hydrogen-bond acceptors (Lipinski definition) is 1. The van der Waals surface area contributed by atoms with Crippen LogP contribution in [0, 0.1) is 6.92 Å². The molecule has 0 aromatic carbocycles. The summed E-state index contributed by atoms with van der Waals surface area (Å²) in [6.45, 7) is 2.16. The molecule has 1 N–H and O–H groups in total. The predicted octanol–water partition coefficient (Wildman–Crippen LogP) is 2.87. The van der Waals surface area contributed by atoms with Crippen LogP contribution in [0.2, 0.25) is 0 Å². The SMILES string of the molecule is Cc1[nH]c(-c2ccccn2)c2c1CCC2. The van der Waals surface area contributed by atoms with Gasteiger partial charge in [-0.2, -0.15) is 0 Å². The zero-order chi connectivity index (χ0) is 10.3. The van der Waals surface area contributed by atoms with Crippen molar-refractivity contribution in [2.24, 2.45) is 0 Å². The molecular formula is C13H14N2. The van der Waals surface area contributed by atoms with Crippen LogP contribution >= 0.6 is 0 Å². The van der Waals surface area contributed by atoms with Gasteiger partial charge in [-0.05, 0) is 49.4 Å². The summed E-state index contributed by atoms with van der Waals surface area (Å²) in [6.07, 6.45) is 5.57. The van der Waals surface area contributed by atoms with Gasteiger partial charge in [0.25, 0.3) is 0 Å². The van der Waals surface area contributed by atoms with Gasteiger partial charge in [0.1, 0.15) is 0 Å². The molecule has 0 radical (unpaired) electrons. The molecule has 0 amide bonds. The third-order valence-electron chi connectivity index (χ3n) is 3.21. The number of aromatic nitrogens is 2. The number of fused-ring (bicyclic) bond motifs is 1. The first-order valence-electron chi connectivity index (χ1n) is 5.48. The Morgan fingerprint density at radius 1 is 1.20 bits per heavy atom. The Kier molecular flexibility index (Phi) is 1.88. The molecule has 0 aliphatic heterocycles. The summed E-state index contributed by atoms with van der Waals surface area (Å²) in [5, 5.41) is 0. The maximum atomic E-state index is 4.41. The molecule has 0 unspecified atom stereocenters. The minimum absolute atomic E-state index is 1.07. The number of rotatable bonds is 1. The van der Waals surface area contributed by atoms with Gasteiger partial charge in [0.2, 0.25) is 0 Å². The van der Waals surface area contributed by atoms with Crippen molar-refractivity contribution in [3.05, 3.63) is 41.2 Å². The van der Waals surface area contributed by atoms with E-state index in [9.17, 15) is 0 Å². The van der Waals surface area contributed by atoms with Crippen molar-refractivity contribution in [1.82, 2.24) is 9.97 Å². The van der Waals surface area contributed by atoms with Crippen LogP contribution in [0.25, 0.3) is 11.4 Å². The Morgan fingerprint density at radius 3 is 2.87 bits per heavy atom. The Balaban J connectivity index is 2.18. The van der Waals surface area contributed by atoms with Gasteiger partial charge in [-0.3, -0.25) is 4.98 Å². The van der Waals surface area contributed by atoms with E-state index < -0.39 is 0 Å². The van der Waals surface area contributed by atoms with E-state index in [1.807, 2.05) is 18.3 Å². The van der Waals surface area contributed by atoms with Crippen molar-refractivity contribution < 1.29 is 0 Å². The number of nitrogens with one attached hydrogen (secondary N) is 1. The highest BCUT2D eigenvalue weighted by atomic mass is 14.8. The summed E-state index contributed by atoms with van der Waals surface area (Å²) in [5.41, 5.74) is 6.65. The largest absolute Gasteiger partial charge is 0.357 e. The molecule has 1 aliphatic rings. The molecule has 15 heavy (non-hydrogen) atoms. The van der Waals surface area contributed by atoms with E-state index in [0.717, 1.165) is 5.69 Å². The van der Waals surface area contributed by atoms with Crippen LogP contribution in [-0.4, -0.2) is 9.97 Å². The van der Waals surface area contributed by atoms with Crippen LogP contribution in [0.4, 0.5) is 0 Å². The Hall–Kier alpha value is -1.57. The van der Waals surface area contributed by atoms with E-state index in [-0.39, 0.29) is 0 Å². The first kappa shape index (κ1) is 8.72. The topological polar surface area (TPSA) is 28.7 Å². The number of hydrogen-bond donors (Lipinski definition) is 1. The van der Waals surface area contributed by atoms with Gasteiger partial charge in [0, 0.05) is 11.9 Å². The monoisotopic (exact) mass is 198 g/mol. The average Bonchev–Trinajstić information content (AvgIpc) is 2.84. The minimum Gasteiger partial charge on any atom is -0.357 e. The lowest BCUT2D eigenvalue weighted by atomic mass is 10.1. The van der Waals surface area contributed by atoms with Crippen LogP contribution in [0.1, 0.15) is 23.2 Å². The molecule has 0 bridgehead atoms. The molecule has 2 heterocycles. The van der Waals surface area contributed by atoms with Gasteiger partial charge in [-0.25, -0.2) is 0 Å². The van der Waals surface area contributed by atoms with Crippen LogP contribution < -0.4 is 0 Å². The second-order valence-electron chi connectivity index (χ2n) is 4.15. The predicted molar refractivity (Wildman–Crippen MR) is 60.8 cm³/mol. The summed E-state index contributed by atoms with van der Waals surface area (Å²) in [4.78, 5) is 7.88. The molecule has 2 aromatic rings. The third-order valence-corrected chi connectivity index (χ3v) is 3.21. The van der Waals surface area contributed by atoms with Gasteiger partial charge in [0.15, 0.2) is 0 Å². The molecule has 76 valence electrons. The fraction of sp³-hybridized carbons (Fsp3) is 0.308. The van der Waals surface area contributed by atoms with Crippen LogP contribution in [0.5, 0.6) is 0 Å². The van der Waals surface area contributed by atoms with Crippen LogP contribution in [0.3, 0.4) is 0 Å². The van der Waals surface area contributed by atoms with Gasteiger partial charge < -0.3 is 4.98 Å².